The van der Waals surface area contributed by atoms with Crippen LogP contribution in [0.5, 0.6) is 5.75 Å². The van der Waals surface area contributed by atoms with Crippen LogP contribution in [0.4, 0.5) is 11.4 Å². The van der Waals surface area contributed by atoms with Crippen LogP contribution in [0.3, 0.4) is 0 Å². The molecule has 0 radical (unpaired) electrons. The number of nitrogens with one attached hydrogen (secondary N) is 4. The zero-order valence-corrected chi connectivity index (χ0v) is 16.1. The Morgan fingerprint density at radius 1 is 1.00 bits per heavy atom. The van der Waals surface area contributed by atoms with Gasteiger partial charge >= 0.3 is 0 Å². The molecule has 1 aliphatic rings. The molecule has 0 fully saturated rings. The Kier molecular flexibility index (Phi) is 4.68. The van der Waals surface area contributed by atoms with E-state index in [1.807, 2.05) is 18.2 Å². The molecule has 10 heteroatoms. The van der Waals surface area contributed by atoms with Crippen LogP contribution in [-0.4, -0.2) is 35.8 Å². The predicted molar refractivity (Wildman–Crippen MR) is 112 cm³/mol. The summed E-state index contributed by atoms with van der Waals surface area (Å²) in [7, 11) is 3.37. The summed E-state index contributed by atoms with van der Waals surface area (Å²) in [6, 6.07) is 12.4. The third-order valence-electron chi connectivity index (χ3n) is 4.64. The number of amidine groups is 1. The first-order chi connectivity index (χ1) is 14.3. The Labute approximate surface area is 170 Å². The van der Waals surface area contributed by atoms with Crippen molar-refractivity contribution >= 4 is 23.1 Å². The molecule has 3 aromatic rings. The summed E-state index contributed by atoms with van der Waals surface area (Å²) in [4.78, 5) is 36.6. The van der Waals surface area contributed by atoms with Crippen molar-refractivity contribution in [2.24, 2.45) is 5.10 Å². The number of anilines is 2. The first kappa shape index (κ1) is 19.2. The number of aromatic hydroxyl groups is 1. The second-order valence-corrected chi connectivity index (χ2v) is 6.91. The number of hydrazine groups is 2. The second-order valence-electron chi connectivity index (χ2n) is 6.91. The van der Waals surface area contributed by atoms with Crippen molar-refractivity contribution in [2.45, 2.75) is 0 Å². The summed E-state index contributed by atoms with van der Waals surface area (Å²) in [5, 5.41) is 16.5. The van der Waals surface area contributed by atoms with E-state index in [4.69, 9.17) is 0 Å². The van der Waals surface area contributed by atoms with E-state index in [0.29, 0.717) is 22.6 Å². The van der Waals surface area contributed by atoms with Gasteiger partial charge < -0.3 is 15.3 Å². The van der Waals surface area contributed by atoms with Crippen LogP contribution >= 0.6 is 0 Å². The molecule has 3 aromatic carbocycles. The number of hydrogen-bond donors (Lipinski definition) is 5. The number of carbonyl (C=O) groups excluding carboxylic acids is 1. The average Bonchev–Trinajstić information content (AvgIpc) is 3.31. The van der Waals surface area contributed by atoms with Gasteiger partial charge in [-0.15, -0.1) is 10.6 Å². The lowest BCUT2D eigenvalue weighted by atomic mass is 9.99. The predicted octanol–water partition coefficient (Wildman–Crippen LogP) is 0.375. The molecule has 0 spiro atoms. The summed E-state index contributed by atoms with van der Waals surface area (Å²) >= 11 is 0. The van der Waals surface area contributed by atoms with Gasteiger partial charge in [0.25, 0.3) is 16.8 Å². The molecule has 1 heterocycles. The van der Waals surface area contributed by atoms with Crippen molar-refractivity contribution in [3.05, 3.63) is 74.0 Å². The van der Waals surface area contributed by atoms with Gasteiger partial charge in [0, 0.05) is 30.9 Å². The maximum absolute atomic E-state index is 12.1. The number of rotatable bonds is 5. The van der Waals surface area contributed by atoms with Gasteiger partial charge in [0.05, 0.1) is 0 Å². The fourth-order valence-corrected chi connectivity index (χ4v) is 3.04. The second kappa shape index (κ2) is 7.33. The Morgan fingerprint density at radius 3 is 2.30 bits per heavy atom. The van der Waals surface area contributed by atoms with Crippen molar-refractivity contribution in [2.75, 3.05) is 19.4 Å². The van der Waals surface area contributed by atoms with E-state index < -0.39 is 16.6 Å². The molecular weight excluding hydrogens is 388 g/mol. The average molecular weight is 406 g/mol. The third kappa shape index (κ3) is 3.35. The largest absolute Gasteiger partial charge is 0.502 e. The van der Waals surface area contributed by atoms with E-state index in [2.05, 4.69) is 26.9 Å². The highest BCUT2D eigenvalue weighted by atomic mass is 16.3. The lowest BCUT2D eigenvalue weighted by Gasteiger charge is -2.14. The maximum Gasteiger partial charge on any atom is 0.271 e. The molecule has 10 nitrogen and oxygen atoms in total. The topological polar surface area (TPSA) is 135 Å². The van der Waals surface area contributed by atoms with Crippen LogP contribution in [0.1, 0.15) is 15.9 Å². The molecule has 0 bridgehead atoms. The lowest BCUT2D eigenvalue weighted by Crippen LogP contribution is -2.35. The maximum atomic E-state index is 12.1. The Morgan fingerprint density at radius 2 is 1.70 bits per heavy atom. The molecule has 0 aliphatic carbocycles. The molecule has 0 saturated carbocycles. The number of amides is 1. The number of hydrogen-bond acceptors (Lipinski definition) is 9. The van der Waals surface area contributed by atoms with E-state index in [0.717, 1.165) is 11.1 Å². The van der Waals surface area contributed by atoms with Crippen LogP contribution in [-0.2, 0) is 0 Å². The monoisotopic (exact) mass is 406 g/mol. The van der Waals surface area contributed by atoms with E-state index >= 15 is 0 Å². The van der Waals surface area contributed by atoms with E-state index in [1.165, 1.54) is 4.90 Å². The van der Waals surface area contributed by atoms with Gasteiger partial charge in [0.15, 0.2) is 11.6 Å². The lowest BCUT2D eigenvalue weighted by molar-refractivity contribution is 0.0827. The number of carbonyl (C=O) groups is 1. The number of hydrazone groups is 1. The molecule has 4 rings (SSSR count). The summed E-state index contributed by atoms with van der Waals surface area (Å²) < 4.78 is 0. The van der Waals surface area contributed by atoms with Gasteiger partial charge in [0.2, 0.25) is 0 Å². The molecule has 152 valence electrons. The first-order valence-corrected chi connectivity index (χ1v) is 8.95. The number of benzene rings is 2. The molecule has 0 atom stereocenters. The third-order valence-corrected chi connectivity index (χ3v) is 4.64. The molecular formula is C20H18N6O4. The summed E-state index contributed by atoms with van der Waals surface area (Å²) in [5.41, 5.74) is 9.56. The van der Waals surface area contributed by atoms with Crippen LogP contribution in [0.2, 0.25) is 0 Å². The van der Waals surface area contributed by atoms with Crippen molar-refractivity contribution in [3.63, 3.8) is 0 Å². The fourth-order valence-electron chi connectivity index (χ4n) is 3.04. The van der Waals surface area contributed by atoms with Crippen molar-refractivity contribution in [1.82, 2.24) is 21.4 Å². The zero-order chi connectivity index (χ0) is 21.4. The molecule has 30 heavy (non-hydrogen) atoms. The molecule has 1 amide bonds. The first-order valence-electron chi connectivity index (χ1n) is 8.95. The van der Waals surface area contributed by atoms with E-state index in [1.54, 1.807) is 38.4 Å². The van der Waals surface area contributed by atoms with Crippen LogP contribution in [0.15, 0.2) is 57.2 Å². The van der Waals surface area contributed by atoms with E-state index in [-0.39, 0.29) is 11.6 Å². The minimum Gasteiger partial charge on any atom is -0.502 e. The standard InChI is InChI=1S/C20H18N6O4/c1-26(2)20(30)11-5-3-10(4-6-11)12-7-13(19-22-24-25-23-19)9-14(8-12)21-15-16(27)18(29)17(15)28/h3-9,21,24-25,27H,1-2H3,(H,22,23). The number of nitrogens with zero attached hydrogens (tertiary/aromatic N) is 2. The highest BCUT2D eigenvalue weighted by Crippen LogP contribution is 2.29. The minimum atomic E-state index is -0.912. The Hall–Kier alpha value is -4.18. The van der Waals surface area contributed by atoms with Crippen LogP contribution in [0.25, 0.3) is 11.1 Å². The van der Waals surface area contributed by atoms with E-state index in [9.17, 15) is 19.5 Å². The summed E-state index contributed by atoms with van der Waals surface area (Å²) in [6.45, 7) is 0. The normalized spacial score (nSPS) is 12.8. The molecule has 0 unspecified atom stereocenters. The molecule has 0 aromatic heterocycles. The van der Waals surface area contributed by atoms with Crippen LogP contribution in [0, 0.1) is 0 Å². The van der Waals surface area contributed by atoms with Crippen molar-refractivity contribution in [1.29, 1.82) is 0 Å². The van der Waals surface area contributed by atoms with Crippen LogP contribution < -0.4 is 32.7 Å². The highest BCUT2D eigenvalue weighted by Gasteiger charge is 2.21. The Balaban J connectivity index is 1.73. The van der Waals surface area contributed by atoms with Gasteiger partial charge in [-0.1, -0.05) is 12.1 Å². The summed E-state index contributed by atoms with van der Waals surface area (Å²) in [5.74, 6) is -0.179. The highest BCUT2D eigenvalue weighted by molar-refractivity contribution is 6.01. The SMILES string of the molecule is CN(C)C(=O)c1ccc(-c2cc(Nc3c(O)c(=O)c3=O)cc(C3=NNNN3)c2)cc1. The molecule has 1 aliphatic heterocycles. The summed E-state index contributed by atoms with van der Waals surface area (Å²) in [6.07, 6.45) is 0. The molecule has 0 saturated heterocycles. The van der Waals surface area contributed by atoms with Crippen molar-refractivity contribution in [3.8, 4) is 16.9 Å². The molecule has 5 N–H and O–H groups in total. The van der Waals surface area contributed by atoms with Crippen molar-refractivity contribution < 1.29 is 9.90 Å². The van der Waals surface area contributed by atoms with Gasteiger partial charge in [0.1, 0.15) is 5.69 Å². The smallest absolute Gasteiger partial charge is 0.271 e. The van der Waals surface area contributed by atoms with Gasteiger partial charge in [-0.3, -0.25) is 19.8 Å². The fraction of sp³-hybridized carbons (Fsp3) is 0.100. The van der Waals surface area contributed by atoms with Gasteiger partial charge in [-0.05, 0) is 41.5 Å². The Bertz CT molecular complexity index is 1240. The zero-order valence-electron chi connectivity index (χ0n) is 16.1. The quantitative estimate of drug-likeness (QED) is 0.384. The van der Waals surface area contributed by atoms with Gasteiger partial charge in [-0.2, -0.15) is 0 Å². The van der Waals surface area contributed by atoms with Gasteiger partial charge in [-0.25, -0.2) is 5.53 Å². The minimum absolute atomic E-state index is 0.102.